The molecule has 1 aromatic heterocycles. The van der Waals surface area contributed by atoms with Crippen molar-refractivity contribution in [2.24, 2.45) is 0 Å². The second-order valence-electron chi connectivity index (χ2n) is 3.47. The van der Waals surface area contributed by atoms with Crippen molar-refractivity contribution in [1.29, 1.82) is 0 Å². The van der Waals surface area contributed by atoms with Crippen molar-refractivity contribution in [3.05, 3.63) is 29.3 Å². The SMILES string of the molecule is C[N-]C(=O)C[C@H](C)c1noc(C)c1C.[CH2-]C.[Y]. The summed E-state index contributed by atoms with van der Waals surface area (Å²) < 4.78 is 5.04. The van der Waals surface area contributed by atoms with Crippen molar-refractivity contribution in [3.8, 4) is 0 Å². The first-order chi connectivity index (χ1) is 7.56. The molecule has 0 aliphatic carbocycles. The summed E-state index contributed by atoms with van der Waals surface area (Å²) in [5.74, 6) is 0.786. The van der Waals surface area contributed by atoms with Crippen LogP contribution in [0.4, 0.5) is 0 Å². The number of carbonyl (C=O) groups excluding carboxylic acids is 1. The van der Waals surface area contributed by atoms with Crippen LogP contribution in [-0.2, 0) is 37.5 Å². The molecule has 17 heavy (non-hydrogen) atoms. The van der Waals surface area contributed by atoms with Crippen LogP contribution in [0.25, 0.3) is 5.32 Å². The molecule has 0 N–H and O–H groups in total. The van der Waals surface area contributed by atoms with Crippen LogP contribution in [0.1, 0.15) is 43.2 Å². The summed E-state index contributed by atoms with van der Waals surface area (Å²) in [6.45, 7) is 10.8. The molecule has 4 nitrogen and oxygen atoms in total. The van der Waals surface area contributed by atoms with Crippen LogP contribution >= 0.6 is 0 Å². The molecule has 0 unspecified atom stereocenters. The van der Waals surface area contributed by atoms with Crippen molar-refractivity contribution in [2.45, 2.75) is 40.0 Å². The fourth-order valence-electron chi connectivity index (χ4n) is 1.34. The molecule has 1 aromatic rings. The Hall–Kier alpha value is -0.216. The summed E-state index contributed by atoms with van der Waals surface area (Å²) in [5.41, 5.74) is 1.89. The monoisotopic (exact) mass is 313 g/mol. The number of aryl methyl sites for hydroxylation is 1. The van der Waals surface area contributed by atoms with Crippen LogP contribution in [0, 0.1) is 20.8 Å². The molecule has 1 rings (SSSR count). The smallest absolute Gasteiger partial charge is 0.136 e. The van der Waals surface area contributed by atoms with E-state index < -0.39 is 0 Å². The average Bonchev–Trinajstić information content (AvgIpc) is 2.62. The molecular weight excluding hydrogens is 293 g/mol. The molecule has 1 heterocycles. The van der Waals surface area contributed by atoms with Gasteiger partial charge in [-0.1, -0.05) is 12.1 Å². The van der Waals surface area contributed by atoms with E-state index in [1.165, 1.54) is 7.05 Å². The van der Waals surface area contributed by atoms with Crippen LogP contribution in [0.2, 0.25) is 0 Å². The van der Waals surface area contributed by atoms with E-state index in [9.17, 15) is 4.79 Å². The third kappa shape index (κ3) is 5.78. The number of hydrogen-bond acceptors (Lipinski definition) is 3. The summed E-state index contributed by atoms with van der Waals surface area (Å²) in [4.78, 5) is 11.1. The molecule has 0 fully saturated rings. The average molecular weight is 313 g/mol. The zero-order valence-corrected chi connectivity index (χ0v) is 14.1. The van der Waals surface area contributed by atoms with E-state index in [0.29, 0.717) is 6.42 Å². The Kier molecular flexibility index (Phi) is 11.0. The Morgan fingerprint density at radius 3 is 2.35 bits per heavy atom. The zero-order valence-electron chi connectivity index (χ0n) is 11.3. The molecule has 0 aliphatic heterocycles. The number of nitrogens with zero attached hydrogens (tertiary/aromatic N) is 2. The Balaban J connectivity index is 0. The van der Waals surface area contributed by atoms with Gasteiger partial charge in [-0.15, -0.1) is 7.05 Å². The minimum absolute atomic E-state index is 0. The molecule has 1 amide bonds. The normalized spacial score (nSPS) is 10.7. The molecule has 0 saturated heterocycles. The molecule has 95 valence electrons. The van der Waals surface area contributed by atoms with Gasteiger partial charge in [-0.2, -0.15) is 6.92 Å². The van der Waals surface area contributed by atoms with Gasteiger partial charge in [-0.05, 0) is 20.3 Å². The van der Waals surface area contributed by atoms with Gasteiger partial charge in [0.2, 0.25) is 0 Å². The van der Waals surface area contributed by atoms with Crippen molar-refractivity contribution in [2.75, 3.05) is 7.05 Å². The Labute approximate surface area is 129 Å². The number of rotatable bonds is 3. The topological polar surface area (TPSA) is 57.2 Å². The van der Waals surface area contributed by atoms with Crippen LogP contribution in [0.3, 0.4) is 0 Å². The third-order valence-electron chi connectivity index (χ3n) is 2.39. The van der Waals surface area contributed by atoms with Gasteiger partial charge in [0.05, 0.1) is 11.6 Å². The molecule has 0 saturated carbocycles. The van der Waals surface area contributed by atoms with Gasteiger partial charge in [0.25, 0.3) is 0 Å². The van der Waals surface area contributed by atoms with Gasteiger partial charge in [0, 0.05) is 44.2 Å². The molecule has 0 aliphatic rings. The van der Waals surface area contributed by atoms with Gasteiger partial charge in [-0.25, -0.2) is 0 Å². The van der Waals surface area contributed by atoms with Crippen molar-refractivity contribution in [1.82, 2.24) is 5.16 Å². The van der Waals surface area contributed by atoms with Crippen LogP contribution in [-0.4, -0.2) is 18.1 Å². The second kappa shape index (κ2) is 9.78. The van der Waals surface area contributed by atoms with E-state index in [1.807, 2.05) is 20.8 Å². The molecule has 0 spiro atoms. The minimum Gasteiger partial charge on any atom is -0.656 e. The Bertz CT molecular complexity index is 337. The molecule has 1 radical (unpaired) electrons. The summed E-state index contributed by atoms with van der Waals surface area (Å²) in [7, 11) is 1.51. The standard InChI is InChI=1S/C10H16N2O2.C2H5.Y/c1-6(5-9(13)11-4)10-7(2)8(3)14-12-10;1-2;/h6H,5H2,1-4H3,(H,11,13);1H2,2H3;/q;-1;/p-1/t6-;;/m0../s1. The minimum atomic E-state index is -0.0995. The quantitative estimate of drug-likeness (QED) is 0.806. The van der Waals surface area contributed by atoms with Gasteiger partial charge in [0.15, 0.2) is 0 Å². The number of amides is 1. The Morgan fingerprint density at radius 2 is 2.00 bits per heavy atom. The largest absolute Gasteiger partial charge is 0.656 e. The van der Waals surface area contributed by atoms with Gasteiger partial charge in [0.1, 0.15) is 5.76 Å². The predicted molar refractivity (Wildman–Crippen MR) is 64.3 cm³/mol. The van der Waals surface area contributed by atoms with E-state index >= 15 is 0 Å². The number of aromatic nitrogens is 1. The van der Waals surface area contributed by atoms with Gasteiger partial charge in [-0.3, -0.25) is 0 Å². The maximum Gasteiger partial charge on any atom is 0.136 e. The Morgan fingerprint density at radius 1 is 1.47 bits per heavy atom. The van der Waals surface area contributed by atoms with E-state index in [0.717, 1.165) is 17.0 Å². The van der Waals surface area contributed by atoms with Crippen molar-refractivity contribution < 1.29 is 42.0 Å². The predicted octanol–water partition coefficient (Wildman–Crippen LogP) is 3.15. The second-order valence-corrected chi connectivity index (χ2v) is 3.47. The maximum atomic E-state index is 11.1. The van der Waals surface area contributed by atoms with Crippen molar-refractivity contribution in [3.63, 3.8) is 0 Å². The molecular formula is C12H20N2O2Y-2. The van der Waals surface area contributed by atoms with Gasteiger partial charge >= 0.3 is 0 Å². The van der Waals surface area contributed by atoms with Crippen molar-refractivity contribution >= 4 is 5.91 Å². The third-order valence-corrected chi connectivity index (χ3v) is 2.39. The maximum absolute atomic E-state index is 11.1. The summed E-state index contributed by atoms with van der Waals surface area (Å²) >= 11 is 0. The van der Waals surface area contributed by atoms with E-state index in [-0.39, 0.29) is 44.5 Å². The summed E-state index contributed by atoms with van der Waals surface area (Å²) in [6.07, 6.45) is 0.392. The number of carbonyl (C=O) groups is 1. The van der Waals surface area contributed by atoms with Crippen LogP contribution < -0.4 is 0 Å². The number of hydrogen-bond donors (Lipinski definition) is 0. The molecule has 5 heteroatoms. The summed E-state index contributed by atoms with van der Waals surface area (Å²) in [5, 5.41) is 7.53. The van der Waals surface area contributed by atoms with E-state index in [1.54, 1.807) is 6.92 Å². The van der Waals surface area contributed by atoms with Crippen LogP contribution in [0.15, 0.2) is 4.52 Å². The first kappa shape index (κ1) is 19.1. The fourth-order valence-corrected chi connectivity index (χ4v) is 1.34. The molecule has 0 bridgehead atoms. The van der Waals surface area contributed by atoms with E-state index in [2.05, 4.69) is 17.4 Å². The molecule has 1 atom stereocenters. The first-order valence-electron chi connectivity index (χ1n) is 5.32. The van der Waals surface area contributed by atoms with Gasteiger partial charge < -0.3 is 21.6 Å². The van der Waals surface area contributed by atoms with Crippen LogP contribution in [0.5, 0.6) is 0 Å². The zero-order chi connectivity index (χ0) is 12.7. The van der Waals surface area contributed by atoms with E-state index in [4.69, 9.17) is 4.52 Å². The first-order valence-corrected chi connectivity index (χ1v) is 5.32. The molecule has 0 aromatic carbocycles. The fraction of sp³-hybridized carbons (Fsp3) is 0.583. The summed E-state index contributed by atoms with van der Waals surface area (Å²) in [6, 6.07) is 0.